The van der Waals surface area contributed by atoms with E-state index in [-0.39, 0.29) is 0 Å². The van der Waals surface area contributed by atoms with Gasteiger partial charge < -0.3 is 4.74 Å². The molecule has 0 aromatic heterocycles. The average Bonchev–Trinajstić information content (AvgIpc) is 2.01. The van der Waals surface area contributed by atoms with Crippen LogP contribution in [0.2, 0.25) is 0 Å². The Hall–Kier alpha value is 0.600. The lowest BCUT2D eigenvalue weighted by Crippen LogP contribution is -2.23. The Morgan fingerprint density at radius 3 is 2.54 bits per heavy atom. The molecule has 0 aromatic carbocycles. The summed E-state index contributed by atoms with van der Waals surface area (Å²) >= 11 is 2.25. The zero-order chi connectivity index (χ0) is 10.2. The summed E-state index contributed by atoms with van der Waals surface area (Å²) in [7, 11) is -3.01. The van der Waals surface area contributed by atoms with E-state index in [1.807, 2.05) is 0 Å². The van der Waals surface area contributed by atoms with Gasteiger partial charge in [-0.15, -0.1) is 0 Å². The minimum atomic E-state index is -3.01. The third-order valence-electron chi connectivity index (χ3n) is 1.30. The molecule has 80 valence electrons. The second kappa shape index (κ2) is 7.95. The fourth-order valence-electron chi connectivity index (χ4n) is 0.743. The van der Waals surface area contributed by atoms with E-state index in [0.717, 1.165) is 23.9 Å². The van der Waals surface area contributed by atoms with Crippen LogP contribution in [-0.4, -0.2) is 38.9 Å². The van der Waals surface area contributed by atoms with Gasteiger partial charge in [-0.25, -0.2) is 13.1 Å². The Morgan fingerprint density at radius 1 is 1.31 bits per heavy atom. The lowest BCUT2D eigenvalue weighted by atomic mass is 10.3. The number of nitrogens with one attached hydrogen (secondary N) is 1. The predicted octanol–water partition coefficient (Wildman–Crippen LogP) is 0.767. The van der Waals surface area contributed by atoms with Crippen LogP contribution in [0.1, 0.15) is 12.8 Å². The van der Waals surface area contributed by atoms with Crippen LogP contribution >= 0.6 is 22.6 Å². The van der Waals surface area contributed by atoms with Gasteiger partial charge in [0.2, 0.25) is 10.0 Å². The number of ether oxygens (including phenoxy) is 1. The molecule has 0 radical (unpaired) electrons. The quantitative estimate of drug-likeness (QED) is 0.408. The lowest BCUT2D eigenvalue weighted by molar-refractivity contribution is 0.147. The van der Waals surface area contributed by atoms with E-state index in [9.17, 15) is 8.42 Å². The Morgan fingerprint density at radius 2 is 2.00 bits per heavy atom. The summed E-state index contributed by atoms with van der Waals surface area (Å²) in [6, 6.07) is 0. The highest BCUT2D eigenvalue weighted by Gasteiger charge is 1.98. The largest absolute Gasteiger partial charge is 0.381 e. The minimum absolute atomic E-state index is 0.506. The fourth-order valence-corrected chi connectivity index (χ4v) is 1.57. The summed E-state index contributed by atoms with van der Waals surface area (Å²) in [6.07, 6.45) is 2.90. The average molecular weight is 321 g/mol. The molecule has 0 aliphatic heterocycles. The van der Waals surface area contributed by atoms with Crippen molar-refractivity contribution < 1.29 is 13.2 Å². The number of hydrogen-bond acceptors (Lipinski definition) is 3. The third-order valence-corrected chi connectivity index (χ3v) is 2.47. The highest BCUT2D eigenvalue weighted by molar-refractivity contribution is 14.1. The van der Waals surface area contributed by atoms with Crippen molar-refractivity contribution in [1.29, 1.82) is 0 Å². The van der Waals surface area contributed by atoms with Crippen LogP contribution in [0.5, 0.6) is 0 Å². The number of halogens is 1. The highest BCUT2D eigenvalue weighted by Crippen LogP contribution is 1.90. The van der Waals surface area contributed by atoms with E-state index in [1.165, 1.54) is 6.26 Å². The number of rotatable bonds is 8. The van der Waals surface area contributed by atoms with Gasteiger partial charge in [-0.05, 0) is 12.8 Å². The summed E-state index contributed by atoms with van der Waals surface area (Å²) in [6.45, 7) is 2.00. The second-order valence-corrected chi connectivity index (χ2v) is 5.59. The molecule has 0 aliphatic carbocycles. The van der Waals surface area contributed by atoms with Gasteiger partial charge in [0, 0.05) is 17.6 Å². The topological polar surface area (TPSA) is 55.4 Å². The van der Waals surface area contributed by atoms with Crippen LogP contribution in [0.3, 0.4) is 0 Å². The Bertz CT molecular complexity index is 206. The minimum Gasteiger partial charge on any atom is -0.381 e. The molecular weight excluding hydrogens is 305 g/mol. The molecule has 0 bridgehead atoms. The Balaban J connectivity index is 3.09. The third kappa shape index (κ3) is 12.6. The standard InChI is InChI=1S/C7H16INO3S/c1-13(10,11)9-5-2-3-6-12-7-4-8/h9H,2-7H2,1H3. The van der Waals surface area contributed by atoms with Gasteiger partial charge in [0.25, 0.3) is 0 Å². The maximum Gasteiger partial charge on any atom is 0.208 e. The van der Waals surface area contributed by atoms with Crippen molar-refractivity contribution in [3.05, 3.63) is 0 Å². The second-order valence-electron chi connectivity index (χ2n) is 2.67. The highest BCUT2D eigenvalue weighted by atomic mass is 127. The molecule has 13 heavy (non-hydrogen) atoms. The molecule has 0 amide bonds. The molecule has 4 nitrogen and oxygen atoms in total. The van der Waals surface area contributed by atoms with Crippen LogP contribution < -0.4 is 4.72 Å². The van der Waals surface area contributed by atoms with Crippen molar-refractivity contribution in [2.75, 3.05) is 30.4 Å². The monoisotopic (exact) mass is 321 g/mol. The van der Waals surface area contributed by atoms with E-state index in [2.05, 4.69) is 27.3 Å². The first-order valence-corrected chi connectivity index (χ1v) is 7.56. The maximum absolute atomic E-state index is 10.6. The molecule has 6 heteroatoms. The van der Waals surface area contributed by atoms with Gasteiger partial charge in [-0.1, -0.05) is 22.6 Å². The van der Waals surface area contributed by atoms with Crippen LogP contribution in [0, 0.1) is 0 Å². The van der Waals surface area contributed by atoms with E-state index in [0.29, 0.717) is 13.2 Å². The van der Waals surface area contributed by atoms with Gasteiger partial charge in [0.05, 0.1) is 12.9 Å². The van der Waals surface area contributed by atoms with E-state index in [1.54, 1.807) is 0 Å². The van der Waals surface area contributed by atoms with Crippen molar-refractivity contribution >= 4 is 32.6 Å². The summed E-state index contributed by atoms with van der Waals surface area (Å²) in [5.74, 6) is 0. The van der Waals surface area contributed by atoms with Gasteiger partial charge in [0.1, 0.15) is 0 Å². The van der Waals surface area contributed by atoms with Crippen LogP contribution in [0.4, 0.5) is 0 Å². The van der Waals surface area contributed by atoms with Crippen molar-refractivity contribution in [3.8, 4) is 0 Å². The molecule has 0 heterocycles. The molecule has 0 fully saturated rings. The fraction of sp³-hybridized carbons (Fsp3) is 1.00. The first-order chi connectivity index (χ1) is 6.06. The summed E-state index contributed by atoms with van der Waals surface area (Å²) in [5, 5.41) is 0. The molecule has 0 aromatic rings. The number of unbranched alkanes of at least 4 members (excludes halogenated alkanes) is 1. The number of hydrogen-bond donors (Lipinski definition) is 1. The molecule has 0 unspecified atom stereocenters. The molecule has 0 atom stereocenters. The zero-order valence-electron chi connectivity index (χ0n) is 7.75. The molecule has 0 spiro atoms. The van der Waals surface area contributed by atoms with Crippen LogP contribution in [-0.2, 0) is 14.8 Å². The van der Waals surface area contributed by atoms with Crippen LogP contribution in [0.25, 0.3) is 0 Å². The van der Waals surface area contributed by atoms with Crippen LogP contribution in [0.15, 0.2) is 0 Å². The summed E-state index contributed by atoms with van der Waals surface area (Å²) < 4.78 is 29.9. The van der Waals surface area contributed by atoms with E-state index < -0.39 is 10.0 Å². The number of sulfonamides is 1. The molecular formula is C7H16INO3S. The normalized spacial score (nSPS) is 11.8. The van der Waals surface area contributed by atoms with Crippen molar-refractivity contribution in [1.82, 2.24) is 4.72 Å². The molecule has 0 aliphatic rings. The van der Waals surface area contributed by atoms with Gasteiger partial charge in [-0.2, -0.15) is 0 Å². The molecule has 0 saturated carbocycles. The van der Waals surface area contributed by atoms with E-state index in [4.69, 9.17) is 4.74 Å². The lowest BCUT2D eigenvalue weighted by Gasteiger charge is -2.02. The Labute approximate surface area is 93.6 Å². The smallest absolute Gasteiger partial charge is 0.208 e. The number of alkyl halides is 1. The summed E-state index contributed by atoms with van der Waals surface area (Å²) in [4.78, 5) is 0. The van der Waals surface area contributed by atoms with Gasteiger partial charge >= 0.3 is 0 Å². The SMILES string of the molecule is CS(=O)(=O)NCCCCOCCI. The van der Waals surface area contributed by atoms with Crippen molar-refractivity contribution in [3.63, 3.8) is 0 Å². The van der Waals surface area contributed by atoms with Gasteiger partial charge in [-0.3, -0.25) is 0 Å². The van der Waals surface area contributed by atoms with Gasteiger partial charge in [0.15, 0.2) is 0 Å². The van der Waals surface area contributed by atoms with E-state index >= 15 is 0 Å². The molecule has 0 rings (SSSR count). The summed E-state index contributed by atoms with van der Waals surface area (Å²) in [5.41, 5.74) is 0. The Kier molecular flexibility index (Phi) is 8.32. The molecule has 0 saturated heterocycles. The first-order valence-electron chi connectivity index (χ1n) is 4.14. The zero-order valence-corrected chi connectivity index (χ0v) is 10.7. The first kappa shape index (κ1) is 13.6. The predicted molar refractivity (Wildman–Crippen MR) is 61.8 cm³/mol. The molecule has 1 N–H and O–H groups in total. The van der Waals surface area contributed by atoms with Crippen molar-refractivity contribution in [2.24, 2.45) is 0 Å². The maximum atomic E-state index is 10.6. The van der Waals surface area contributed by atoms with Crippen molar-refractivity contribution in [2.45, 2.75) is 12.8 Å².